The van der Waals surface area contributed by atoms with Gasteiger partial charge in [0.1, 0.15) is 0 Å². The van der Waals surface area contributed by atoms with Crippen LogP contribution in [0.5, 0.6) is 0 Å². The van der Waals surface area contributed by atoms with Crippen molar-refractivity contribution in [3.63, 3.8) is 0 Å². The molecule has 6 heavy (non-hydrogen) atoms. The van der Waals surface area contributed by atoms with Gasteiger partial charge in [-0.25, -0.2) is 0 Å². The summed E-state index contributed by atoms with van der Waals surface area (Å²) in [6, 6.07) is 0. The second-order valence-electron chi connectivity index (χ2n) is 0.412. The van der Waals surface area contributed by atoms with Gasteiger partial charge in [0.25, 0.3) is 0 Å². The number of halogens is 1. The van der Waals surface area contributed by atoms with E-state index in [0.717, 1.165) is 0 Å². The zero-order chi connectivity index (χ0) is 4.50. The van der Waals surface area contributed by atoms with E-state index < -0.39 is 9.33 Å². The molecule has 0 bridgehead atoms. The second kappa shape index (κ2) is 2.89. The van der Waals surface area contributed by atoms with E-state index in [1.807, 2.05) is 0 Å². The van der Waals surface area contributed by atoms with Crippen LogP contribution < -0.4 is 18.9 Å². The number of rotatable bonds is 0. The van der Waals surface area contributed by atoms with Gasteiger partial charge in [-0.05, 0) is 0 Å². The molecule has 1 N–H and O–H groups in total. The molecule has 0 aliphatic carbocycles. The van der Waals surface area contributed by atoms with Crippen LogP contribution in [0.3, 0.4) is 0 Å². The summed E-state index contributed by atoms with van der Waals surface area (Å²) in [5, 5.41) is 0. The summed E-state index contributed by atoms with van der Waals surface area (Å²) in [5.41, 5.74) is 0. The molecule has 34 valence electrons. The van der Waals surface area contributed by atoms with Crippen LogP contribution in [0.15, 0.2) is 0 Å². The topological polar surface area (TPSA) is 54.4 Å². The molecule has 0 heterocycles. The maximum atomic E-state index is 8.95. The van der Waals surface area contributed by atoms with Crippen molar-refractivity contribution < 1.29 is 33.3 Å². The van der Waals surface area contributed by atoms with E-state index >= 15 is 0 Å². The van der Waals surface area contributed by atoms with E-state index in [-0.39, 0.29) is 20.3 Å². The summed E-state index contributed by atoms with van der Waals surface area (Å²) < 4.78 is 25.2. The first kappa shape index (κ1) is 9.93. The van der Waals surface area contributed by atoms with Crippen molar-refractivity contribution >= 4 is 20.0 Å². The van der Waals surface area contributed by atoms with E-state index in [9.17, 15) is 0 Å². The summed E-state index contributed by atoms with van der Waals surface area (Å²) in [6.45, 7) is 0. The minimum Gasteiger partial charge on any atom is -1.00 e. The van der Waals surface area contributed by atoms with Gasteiger partial charge in [0.15, 0.2) is 0 Å². The Bertz CT molecular complexity index is 98.1. The number of hydrogen-bond acceptors (Lipinski definition) is 2. The molecule has 0 spiro atoms. The molecule has 0 aromatic carbocycles. The van der Waals surface area contributed by atoms with Gasteiger partial charge in [-0.1, -0.05) is 0 Å². The molecule has 0 atom stereocenters. The molecule has 0 radical (unpaired) electrons. The van der Waals surface area contributed by atoms with Crippen LogP contribution in [0.1, 0.15) is 1.43 Å². The predicted octanol–water partition coefficient (Wildman–Crippen LogP) is -2.86. The van der Waals surface area contributed by atoms with Crippen LogP contribution in [0.2, 0.25) is 0 Å². The summed E-state index contributed by atoms with van der Waals surface area (Å²) in [4.78, 5) is 0. The fraction of sp³-hybridized carbons (Fsp3) is 0. The molecular weight excluding hydrogens is 122 g/mol. The standard InChI is InChI=1S/ClHO3S.Li.H/c1-5(2,3)4;;/h(H,2,3,4);;/q;+1;-1. The molecule has 0 aliphatic rings. The predicted molar refractivity (Wildman–Crippen MR) is 18.5 cm³/mol. The van der Waals surface area contributed by atoms with Gasteiger partial charge in [-0.15, -0.1) is 0 Å². The van der Waals surface area contributed by atoms with Crippen molar-refractivity contribution in [3.8, 4) is 0 Å². The third kappa shape index (κ3) is 109. The smallest absolute Gasteiger partial charge is 1.00 e. The van der Waals surface area contributed by atoms with Gasteiger partial charge in [0, 0.05) is 10.7 Å². The zero-order valence-corrected chi connectivity index (χ0v) is 4.62. The van der Waals surface area contributed by atoms with Crippen molar-refractivity contribution in [1.82, 2.24) is 0 Å². The van der Waals surface area contributed by atoms with Crippen LogP contribution in [0.4, 0.5) is 0 Å². The quantitative estimate of drug-likeness (QED) is 0.215. The molecule has 0 aliphatic heterocycles. The molecule has 0 aromatic rings. The van der Waals surface area contributed by atoms with Crippen LogP contribution in [-0.4, -0.2) is 13.0 Å². The van der Waals surface area contributed by atoms with E-state index in [1.165, 1.54) is 0 Å². The molecule has 0 saturated carbocycles. The van der Waals surface area contributed by atoms with E-state index in [1.54, 1.807) is 0 Å². The SMILES string of the molecule is O=S(=O)(O)Cl.[H-].[Li+]. The van der Waals surface area contributed by atoms with Crippen LogP contribution >= 0.6 is 10.7 Å². The normalized spacial score (nSPS) is 9.67. The van der Waals surface area contributed by atoms with E-state index in [0.29, 0.717) is 0 Å². The van der Waals surface area contributed by atoms with Gasteiger partial charge < -0.3 is 1.43 Å². The van der Waals surface area contributed by atoms with Gasteiger partial charge in [-0.2, -0.15) is 8.42 Å². The Kier molecular flexibility index (Phi) is 4.78. The summed E-state index contributed by atoms with van der Waals surface area (Å²) in [5.74, 6) is 0. The van der Waals surface area contributed by atoms with E-state index in [4.69, 9.17) is 13.0 Å². The zero-order valence-electron chi connectivity index (χ0n) is 4.05. The van der Waals surface area contributed by atoms with Crippen LogP contribution in [0, 0.1) is 0 Å². The largest absolute Gasteiger partial charge is 1.00 e. The monoisotopic (exact) mass is 124 g/mol. The Balaban J connectivity index is -0.0000000800. The van der Waals surface area contributed by atoms with Crippen molar-refractivity contribution in [2.24, 2.45) is 0 Å². The molecule has 0 rings (SSSR count). The Morgan fingerprint density at radius 3 is 1.67 bits per heavy atom. The average Bonchev–Trinajstić information content (AvgIpc) is 0.722. The molecule has 3 nitrogen and oxygen atoms in total. The third-order valence-electron chi connectivity index (χ3n) is 0. The maximum Gasteiger partial charge on any atom is 1.00 e. The van der Waals surface area contributed by atoms with Gasteiger partial charge >= 0.3 is 28.2 Å². The Labute approximate surface area is 53.6 Å². The fourth-order valence-electron chi connectivity index (χ4n) is 0. The van der Waals surface area contributed by atoms with Crippen molar-refractivity contribution in [3.05, 3.63) is 0 Å². The average molecular weight is 124 g/mol. The summed E-state index contributed by atoms with van der Waals surface area (Å²) >= 11 is 0. The molecule has 0 aromatic heterocycles. The first-order chi connectivity index (χ1) is 2.00. The summed E-state index contributed by atoms with van der Waals surface area (Å²) in [7, 11) is -0.137. The Hall–Kier alpha value is 0.797. The van der Waals surface area contributed by atoms with Crippen molar-refractivity contribution in [2.45, 2.75) is 0 Å². The minimum atomic E-state index is -4.19. The molecule has 0 fully saturated rings. The van der Waals surface area contributed by atoms with Crippen molar-refractivity contribution in [2.75, 3.05) is 0 Å². The van der Waals surface area contributed by atoms with Crippen LogP contribution in [0.25, 0.3) is 0 Å². The maximum absolute atomic E-state index is 8.95. The molecule has 0 amide bonds. The summed E-state index contributed by atoms with van der Waals surface area (Å²) in [6.07, 6.45) is 0. The van der Waals surface area contributed by atoms with Gasteiger partial charge in [0.2, 0.25) is 0 Å². The first-order valence-electron chi connectivity index (χ1n) is 0.670. The molecule has 6 heteroatoms. The van der Waals surface area contributed by atoms with Gasteiger partial charge in [0.05, 0.1) is 0 Å². The minimum absolute atomic E-state index is 0. The van der Waals surface area contributed by atoms with E-state index in [2.05, 4.69) is 10.7 Å². The Morgan fingerprint density at radius 2 is 1.67 bits per heavy atom. The van der Waals surface area contributed by atoms with Crippen molar-refractivity contribution in [1.29, 1.82) is 0 Å². The van der Waals surface area contributed by atoms with Crippen LogP contribution in [-0.2, 0) is 9.33 Å². The molecular formula is H2ClLiO3S. The number of hydrogen-bond donors (Lipinski definition) is 1. The first-order valence-corrected chi connectivity index (χ1v) is 2.94. The van der Waals surface area contributed by atoms with Gasteiger partial charge in [-0.3, -0.25) is 4.55 Å². The fourth-order valence-corrected chi connectivity index (χ4v) is 0. The second-order valence-corrected chi connectivity index (χ2v) is 2.41. The molecule has 0 saturated heterocycles. The molecule has 0 unspecified atom stereocenters. The third-order valence-corrected chi connectivity index (χ3v) is 0. The Morgan fingerprint density at radius 1 is 1.67 bits per heavy atom.